The molecule has 2 saturated heterocycles. The van der Waals surface area contributed by atoms with Gasteiger partial charge in [-0.2, -0.15) is 4.98 Å². The molecule has 2 aromatic heterocycles. The average Bonchev–Trinajstić information content (AvgIpc) is 3.76. The SMILES string of the molecule is [C-]#[N+]CCOP(=S)(OC[C@H]1O[C@@H](n2cc(C)c(=O)[nH]c2=O)C(OCCOC)[C@H]1OC)O[C@@H]1C(OCCOC)[C@H](n2cc(C)c(NC(=O)c3ccccc3)nc2=O)O[C@@H]1CO. The number of nitrogens with one attached hydrogen (secondary N) is 2. The number of aromatic nitrogens is 4. The van der Waals surface area contributed by atoms with Crippen molar-refractivity contribution in [2.24, 2.45) is 0 Å². The smallest absolute Gasteiger partial charge is 0.351 e. The van der Waals surface area contributed by atoms with Crippen molar-refractivity contribution in [3.05, 3.63) is 102 Å². The number of aliphatic hydroxyl groups excluding tert-OH is 1. The highest BCUT2D eigenvalue weighted by Crippen LogP contribution is 2.54. The summed E-state index contributed by atoms with van der Waals surface area (Å²) in [6, 6.07) is 8.41. The molecule has 5 rings (SSSR count). The fraction of sp³-hybridized carbons (Fsp3) is 0.568. The van der Waals surface area contributed by atoms with Crippen molar-refractivity contribution in [1.29, 1.82) is 0 Å². The van der Waals surface area contributed by atoms with Crippen LogP contribution < -0.4 is 22.3 Å². The molecule has 23 heteroatoms. The third-order valence-corrected chi connectivity index (χ3v) is 11.8. The van der Waals surface area contributed by atoms with Crippen molar-refractivity contribution < 1.29 is 56.6 Å². The lowest BCUT2D eigenvalue weighted by atomic mass is 10.1. The zero-order chi connectivity index (χ0) is 43.4. The molecule has 21 nitrogen and oxygen atoms in total. The largest absolute Gasteiger partial charge is 0.394 e. The van der Waals surface area contributed by atoms with Crippen LogP contribution in [0, 0.1) is 20.4 Å². The summed E-state index contributed by atoms with van der Waals surface area (Å²) >= 11 is 5.90. The molecule has 2 fully saturated rings. The number of ether oxygens (including phenoxy) is 7. The van der Waals surface area contributed by atoms with Crippen LogP contribution in [0.5, 0.6) is 0 Å². The topological polar surface area (TPSA) is 236 Å². The van der Waals surface area contributed by atoms with Gasteiger partial charge in [0.15, 0.2) is 12.5 Å². The van der Waals surface area contributed by atoms with Gasteiger partial charge in [0, 0.05) is 50.4 Å². The number of amides is 1. The monoisotopic (exact) mass is 880 g/mol. The van der Waals surface area contributed by atoms with Crippen LogP contribution in [0.2, 0.25) is 0 Å². The second-order valence-electron chi connectivity index (χ2n) is 13.5. The summed E-state index contributed by atoms with van der Waals surface area (Å²) in [4.78, 5) is 61.4. The molecule has 3 unspecified atom stereocenters. The highest BCUT2D eigenvalue weighted by Gasteiger charge is 2.52. The fourth-order valence-electron chi connectivity index (χ4n) is 6.48. The van der Waals surface area contributed by atoms with E-state index >= 15 is 0 Å². The van der Waals surface area contributed by atoms with E-state index in [9.17, 15) is 24.3 Å². The Morgan fingerprint density at radius 1 is 0.900 bits per heavy atom. The van der Waals surface area contributed by atoms with Gasteiger partial charge in [0.2, 0.25) is 6.54 Å². The minimum atomic E-state index is -3.94. The van der Waals surface area contributed by atoms with Crippen LogP contribution in [0.1, 0.15) is 33.9 Å². The molecule has 0 aliphatic carbocycles. The second kappa shape index (κ2) is 22.2. The van der Waals surface area contributed by atoms with Crippen molar-refractivity contribution in [3.63, 3.8) is 0 Å². The van der Waals surface area contributed by atoms with Crippen LogP contribution in [0.25, 0.3) is 4.85 Å². The number of rotatable bonds is 22. The van der Waals surface area contributed by atoms with Crippen molar-refractivity contribution in [3.8, 4) is 0 Å². The number of benzene rings is 1. The number of aliphatic hydroxyl groups is 1. The zero-order valence-corrected chi connectivity index (χ0v) is 35.3. The maximum absolute atomic E-state index is 13.6. The highest BCUT2D eigenvalue weighted by atomic mass is 32.5. The Morgan fingerprint density at radius 3 is 2.17 bits per heavy atom. The van der Waals surface area contributed by atoms with E-state index in [0.29, 0.717) is 11.1 Å². The van der Waals surface area contributed by atoms with Gasteiger partial charge in [0.1, 0.15) is 49.0 Å². The first-order valence-electron chi connectivity index (χ1n) is 18.7. The molecule has 4 heterocycles. The summed E-state index contributed by atoms with van der Waals surface area (Å²) in [5.74, 6) is -0.440. The van der Waals surface area contributed by atoms with Crippen LogP contribution in [0.15, 0.2) is 57.1 Å². The Kier molecular flexibility index (Phi) is 17.4. The maximum Gasteiger partial charge on any atom is 0.351 e. The van der Waals surface area contributed by atoms with E-state index in [1.807, 2.05) is 0 Å². The van der Waals surface area contributed by atoms with E-state index < -0.39 is 85.3 Å². The number of hydrogen-bond acceptors (Lipinski definition) is 17. The Bertz CT molecular complexity index is 2170. The highest BCUT2D eigenvalue weighted by molar-refractivity contribution is 8.07. The van der Waals surface area contributed by atoms with Crippen LogP contribution in [0.4, 0.5) is 5.82 Å². The molecule has 0 saturated carbocycles. The first-order chi connectivity index (χ1) is 28.9. The van der Waals surface area contributed by atoms with Gasteiger partial charge < -0.3 is 57.5 Å². The van der Waals surface area contributed by atoms with Gasteiger partial charge in [-0.15, -0.1) is 0 Å². The molecule has 328 valence electrons. The van der Waals surface area contributed by atoms with Crippen LogP contribution in [0.3, 0.4) is 0 Å². The summed E-state index contributed by atoms with van der Waals surface area (Å²) in [6.45, 7) is 5.69. The quantitative estimate of drug-likeness (QED) is 0.0728. The Balaban J connectivity index is 1.43. The number of anilines is 1. The van der Waals surface area contributed by atoms with Gasteiger partial charge in [-0.25, -0.2) is 16.2 Å². The summed E-state index contributed by atoms with van der Waals surface area (Å²) in [5.41, 5.74) is -1.10. The Morgan fingerprint density at radius 2 is 1.53 bits per heavy atom. The predicted octanol–water partition coefficient (Wildman–Crippen LogP) is 1.09. The standard InChI is InChI=1S/C37H49N6O15PS/c1-22-18-42(36(47)40-31(22)39-33(46)24-10-8-7-9-11-24)35-30(53-17-15-50-5)28(25(20-44)56-35)58-59(60,54-13-12-38-3)55-21-26-27(51-6)29(52-16-14-49-4)34(57-26)43-19-23(2)32(45)41-37(43)48/h7-11,18-19,25-30,34-35,44H,12-17,20-21H2,1-2,4-6H3,(H,41,45,48)(H,39,40,46,47)/t25-,26-,27+,28+,29?,30?,34-,35-,59?/m1/s1. The molecule has 1 aromatic carbocycles. The summed E-state index contributed by atoms with van der Waals surface area (Å²) in [6.07, 6.45) is -5.83. The number of hydrogen-bond donors (Lipinski definition) is 3. The normalized spacial score (nSPS) is 24.9. The lowest BCUT2D eigenvalue weighted by molar-refractivity contribution is -0.0851. The molecule has 0 spiro atoms. The third kappa shape index (κ3) is 11.4. The molecule has 0 radical (unpaired) electrons. The number of methoxy groups -OCH3 is 3. The van der Waals surface area contributed by atoms with E-state index in [1.165, 1.54) is 45.2 Å². The average molecular weight is 881 g/mol. The molecule has 2 aliphatic heterocycles. The molecule has 3 aromatic rings. The van der Waals surface area contributed by atoms with Crippen molar-refractivity contribution in [2.75, 3.05) is 79.4 Å². The van der Waals surface area contributed by atoms with Crippen molar-refractivity contribution in [1.82, 2.24) is 19.1 Å². The molecule has 9 atom stereocenters. The minimum Gasteiger partial charge on any atom is -0.394 e. The van der Waals surface area contributed by atoms with E-state index in [1.54, 1.807) is 37.3 Å². The van der Waals surface area contributed by atoms with Gasteiger partial charge >= 0.3 is 18.1 Å². The first-order valence-corrected chi connectivity index (χ1v) is 21.3. The van der Waals surface area contributed by atoms with Gasteiger partial charge in [-0.1, -0.05) is 18.2 Å². The van der Waals surface area contributed by atoms with Gasteiger partial charge in [0.05, 0.1) is 39.6 Å². The molecule has 3 N–H and O–H groups in total. The molecule has 60 heavy (non-hydrogen) atoms. The second-order valence-corrected chi connectivity index (χ2v) is 16.4. The number of carbonyl (C=O) groups excluding carboxylic acids is 1. The Hall–Kier alpha value is -4.05. The molecule has 2 aliphatic rings. The molecule has 1 amide bonds. The summed E-state index contributed by atoms with van der Waals surface area (Å²) in [5, 5.41) is 13.2. The van der Waals surface area contributed by atoms with E-state index in [4.69, 9.17) is 65.1 Å². The number of aromatic amines is 1. The number of H-pyrrole nitrogens is 1. The molecular weight excluding hydrogens is 831 g/mol. The lowest BCUT2D eigenvalue weighted by Crippen LogP contribution is -2.41. The first kappa shape index (κ1) is 47.0. The van der Waals surface area contributed by atoms with Crippen LogP contribution in [-0.2, 0) is 58.5 Å². The maximum atomic E-state index is 13.6. The fourth-order valence-corrected chi connectivity index (χ4v) is 8.57. The van der Waals surface area contributed by atoms with Crippen LogP contribution in [-0.4, -0.2) is 141 Å². The minimum absolute atomic E-state index is 0.00536. The number of aryl methyl sites for hydroxylation is 2. The van der Waals surface area contributed by atoms with Crippen molar-refractivity contribution in [2.45, 2.75) is 62.9 Å². The predicted molar refractivity (Wildman–Crippen MR) is 215 cm³/mol. The van der Waals surface area contributed by atoms with Gasteiger partial charge in [-0.3, -0.25) is 28.2 Å². The Labute approximate surface area is 349 Å². The molecule has 0 bridgehead atoms. The number of carbonyl (C=O) groups is 1. The zero-order valence-electron chi connectivity index (χ0n) is 33.6. The van der Waals surface area contributed by atoms with E-state index in [-0.39, 0.29) is 57.6 Å². The van der Waals surface area contributed by atoms with Crippen LogP contribution >= 0.6 is 6.72 Å². The van der Waals surface area contributed by atoms with E-state index in [0.717, 1.165) is 4.57 Å². The summed E-state index contributed by atoms with van der Waals surface area (Å²) in [7, 11) is 4.39. The number of nitrogens with zero attached hydrogens (tertiary/aromatic N) is 4. The molecular formula is C37H49N6O15PS. The van der Waals surface area contributed by atoms with E-state index in [2.05, 4.69) is 20.1 Å². The lowest BCUT2D eigenvalue weighted by Gasteiger charge is -2.30. The van der Waals surface area contributed by atoms with Crippen molar-refractivity contribution >= 4 is 30.3 Å². The van der Waals surface area contributed by atoms with Gasteiger partial charge in [0.25, 0.3) is 11.5 Å². The van der Waals surface area contributed by atoms with Gasteiger partial charge in [-0.05, 0) is 37.8 Å². The third-order valence-electron chi connectivity index (χ3n) is 9.42. The summed E-state index contributed by atoms with van der Waals surface area (Å²) < 4.78 is 61.9.